The highest BCUT2D eigenvalue weighted by molar-refractivity contribution is 6.60. The molecule has 0 saturated carbocycles. The van der Waals surface area contributed by atoms with Crippen molar-refractivity contribution in [2.45, 2.75) is 18.9 Å². The van der Waals surface area contributed by atoms with Gasteiger partial charge in [-0.05, 0) is 12.8 Å². The van der Waals surface area contributed by atoms with Crippen LogP contribution in [0, 0.1) is 0 Å². The van der Waals surface area contributed by atoms with Gasteiger partial charge in [-0.25, -0.2) is 4.79 Å². The Morgan fingerprint density at radius 1 is 1.27 bits per heavy atom. The predicted molar refractivity (Wildman–Crippen MR) is 57.6 cm³/mol. The summed E-state index contributed by atoms with van der Waals surface area (Å²) in [6.45, 7) is 3.44. The third kappa shape index (κ3) is 4.56. The first-order valence-corrected chi connectivity index (χ1v) is 6.51. The molecule has 5 nitrogen and oxygen atoms in total. The van der Waals surface area contributed by atoms with Gasteiger partial charge in [0.25, 0.3) is 0 Å². The van der Waals surface area contributed by atoms with E-state index in [9.17, 15) is 4.79 Å². The summed E-state index contributed by atoms with van der Waals surface area (Å²) >= 11 is 0. The molecule has 0 aliphatic rings. The zero-order valence-corrected chi connectivity index (χ0v) is 10.4. The SMILES string of the molecule is C=C(CCC[Si](OC)(OC)OC)C(=O)O. The van der Waals surface area contributed by atoms with Crippen LogP contribution >= 0.6 is 0 Å². The first-order chi connectivity index (χ1) is 7.01. The molecule has 6 heteroatoms. The summed E-state index contributed by atoms with van der Waals surface area (Å²) in [6, 6.07) is 0.586. The van der Waals surface area contributed by atoms with Crippen molar-refractivity contribution < 1.29 is 23.2 Å². The Labute approximate surface area is 91.0 Å². The van der Waals surface area contributed by atoms with Crippen LogP contribution in [0.3, 0.4) is 0 Å². The lowest BCUT2D eigenvalue weighted by Gasteiger charge is -2.24. The van der Waals surface area contributed by atoms with Gasteiger partial charge in [0.2, 0.25) is 0 Å². The van der Waals surface area contributed by atoms with E-state index in [-0.39, 0.29) is 5.57 Å². The fourth-order valence-corrected chi connectivity index (χ4v) is 2.90. The van der Waals surface area contributed by atoms with Crippen molar-refractivity contribution in [1.82, 2.24) is 0 Å². The number of rotatable bonds is 8. The maximum atomic E-state index is 10.5. The fourth-order valence-electron chi connectivity index (χ4n) is 1.18. The molecule has 0 rings (SSSR count). The molecule has 0 spiro atoms. The summed E-state index contributed by atoms with van der Waals surface area (Å²) in [5.41, 5.74) is 0.196. The zero-order chi connectivity index (χ0) is 11.9. The third-order valence-corrected chi connectivity index (χ3v) is 5.03. The van der Waals surface area contributed by atoms with E-state index in [0.29, 0.717) is 18.9 Å². The van der Waals surface area contributed by atoms with Gasteiger partial charge in [0.05, 0.1) is 0 Å². The molecule has 0 aliphatic heterocycles. The topological polar surface area (TPSA) is 65.0 Å². The van der Waals surface area contributed by atoms with Crippen LogP contribution in [0.15, 0.2) is 12.2 Å². The average molecular weight is 234 g/mol. The molecule has 0 unspecified atom stereocenters. The Hall–Kier alpha value is -0.693. The molecule has 0 bridgehead atoms. The Kier molecular flexibility index (Phi) is 6.42. The normalized spacial score (nSPS) is 11.4. The highest BCUT2D eigenvalue weighted by atomic mass is 28.4. The smallest absolute Gasteiger partial charge is 0.478 e. The van der Waals surface area contributed by atoms with Crippen molar-refractivity contribution in [2.75, 3.05) is 21.3 Å². The Morgan fingerprint density at radius 3 is 2.07 bits per heavy atom. The van der Waals surface area contributed by atoms with E-state index in [0.717, 1.165) is 0 Å². The summed E-state index contributed by atoms with van der Waals surface area (Å²) < 4.78 is 15.6. The van der Waals surface area contributed by atoms with Gasteiger partial charge in [-0.2, -0.15) is 0 Å². The second-order valence-electron chi connectivity index (χ2n) is 3.06. The van der Waals surface area contributed by atoms with Crippen LogP contribution in [-0.2, 0) is 18.1 Å². The monoisotopic (exact) mass is 234 g/mol. The molecule has 0 aliphatic carbocycles. The lowest BCUT2D eigenvalue weighted by atomic mass is 10.2. The number of carboxylic acids is 1. The highest BCUT2D eigenvalue weighted by Crippen LogP contribution is 2.18. The van der Waals surface area contributed by atoms with Crippen molar-refractivity contribution in [3.63, 3.8) is 0 Å². The molecule has 0 aromatic rings. The van der Waals surface area contributed by atoms with E-state index >= 15 is 0 Å². The first-order valence-electron chi connectivity index (χ1n) is 4.58. The largest absolute Gasteiger partial charge is 0.500 e. The molecule has 0 radical (unpaired) electrons. The molecule has 0 aromatic heterocycles. The molecule has 88 valence electrons. The number of carboxylic acid groups (broad SMARTS) is 1. The summed E-state index contributed by atoms with van der Waals surface area (Å²) in [5, 5.41) is 8.60. The minimum Gasteiger partial charge on any atom is -0.478 e. The lowest BCUT2D eigenvalue weighted by molar-refractivity contribution is -0.132. The quantitative estimate of drug-likeness (QED) is 0.506. The van der Waals surface area contributed by atoms with Crippen LogP contribution in [-0.4, -0.2) is 41.2 Å². The molecule has 0 fully saturated rings. The number of hydrogen-bond acceptors (Lipinski definition) is 4. The van der Waals surface area contributed by atoms with Crippen LogP contribution in [0.5, 0.6) is 0 Å². The average Bonchev–Trinajstić information content (AvgIpc) is 2.24. The van der Waals surface area contributed by atoms with Crippen LogP contribution in [0.4, 0.5) is 0 Å². The Balaban J connectivity index is 4.02. The first kappa shape index (κ1) is 14.3. The molecule has 15 heavy (non-hydrogen) atoms. The molecular weight excluding hydrogens is 216 g/mol. The number of hydrogen-bond donors (Lipinski definition) is 1. The summed E-state index contributed by atoms with van der Waals surface area (Å²) in [6.07, 6.45) is 1.05. The molecular formula is C9H18O5Si. The number of aliphatic carboxylic acids is 1. The van der Waals surface area contributed by atoms with E-state index in [1.54, 1.807) is 0 Å². The zero-order valence-electron chi connectivity index (χ0n) is 9.41. The number of carbonyl (C=O) groups is 1. The van der Waals surface area contributed by atoms with Gasteiger partial charge in [0.15, 0.2) is 0 Å². The lowest BCUT2D eigenvalue weighted by Crippen LogP contribution is -2.42. The Bertz CT molecular complexity index is 216. The second kappa shape index (κ2) is 6.73. The Morgan fingerprint density at radius 2 is 1.73 bits per heavy atom. The summed E-state index contributed by atoms with van der Waals surface area (Å²) in [7, 11) is 2.05. The minimum atomic E-state index is -2.55. The van der Waals surface area contributed by atoms with Gasteiger partial charge < -0.3 is 18.4 Å². The molecule has 0 atom stereocenters. The van der Waals surface area contributed by atoms with Crippen molar-refractivity contribution in [3.05, 3.63) is 12.2 Å². The molecule has 0 heterocycles. The van der Waals surface area contributed by atoms with Gasteiger partial charge >= 0.3 is 14.8 Å². The second-order valence-corrected chi connectivity index (χ2v) is 6.15. The molecule has 0 aromatic carbocycles. The third-order valence-electron chi connectivity index (χ3n) is 2.20. The predicted octanol–water partition coefficient (Wildman–Crippen LogP) is 1.29. The molecule has 1 N–H and O–H groups in total. The van der Waals surface area contributed by atoms with E-state index in [4.69, 9.17) is 18.4 Å². The van der Waals surface area contributed by atoms with Crippen LogP contribution in [0.1, 0.15) is 12.8 Å². The highest BCUT2D eigenvalue weighted by Gasteiger charge is 2.36. The van der Waals surface area contributed by atoms with Gasteiger partial charge in [-0.15, -0.1) is 0 Å². The van der Waals surface area contributed by atoms with E-state index in [1.807, 2.05) is 0 Å². The summed E-state index contributed by atoms with van der Waals surface area (Å²) in [4.78, 5) is 10.5. The van der Waals surface area contributed by atoms with Crippen LogP contribution < -0.4 is 0 Å². The standard InChI is InChI=1S/C9H18O5Si/c1-8(9(10)11)6-5-7-15(12-2,13-3)14-4/h1,5-7H2,2-4H3,(H,10,11). The minimum absolute atomic E-state index is 0.196. The van der Waals surface area contributed by atoms with Crippen molar-refractivity contribution in [2.24, 2.45) is 0 Å². The van der Waals surface area contributed by atoms with Crippen LogP contribution in [0.25, 0.3) is 0 Å². The van der Waals surface area contributed by atoms with Gasteiger partial charge in [0.1, 0.15) is 0 Å². The fraction of sp³-hybridized carbons (Fsp3) is 0.667. The van der Waals surface area contributed by atoms with Gasteiger partial charge in [0, 0.05) is 32.9 Å². The van der Waals surface area contributed by atoms with Crippen molar-refractivity contribution in [3.8, 4) is 0 Å². The van der Waals surface area contributed by atoms with E-state index in [2.05, 4.69) is 6.58 Å². The van der Waals surface area contributed by atoms with Crippen molar-refractivity contribution in [1.29, 1.82) is 0 Å². The summed E-state index contributed by atoms with van der Waals surface area (Å²) in [5.74, 6) is -0.963. The maximum Gasteiger partial charge on any atom is 0.500 e. The van der Waals surface area contributed by atoms with Gasteiger partial charge in [-0.3, -0.25) is 0 Å². The molecule has 0 amide bonds. The van der Waals surface area contributed by atoms with E-state index in [1.165, 1.54) is 21.3 Å². The van der Waals surface area contributed by atoms with Gasteiger partial charge in [-0.1, -0.05) is 6.58 Å². The van der Waals surface area contributed by atoms with Crippen LogP contribution in [0.2, 0.25) is 6.04 Å². The maximum absolute atomic E-state index is 10.5. The van der Waals surface area contributed by atoms with E-state index < -0.39 is 14.8 Å². The van der Waals surface area contributed by atoms with Crippen molar-refractivity contribution >= 4 is 14.8 Å². The molecule has 0 saturated heterocycles.